The Morgan fingerprint density at radius 3 is 2.86 bits per heavy atom. The fraction of sp³-hybridized carbons (Fsp3) is 0.562. The van der Waals surface area contributed by atoms with Crippen LogP contribution in [0.5, 0.6) is 0 Å². The minimum absolute atomic E-state index is 0.459. The van der Waals surface area contributed by atoms with E-state index in [1.54, 1.807) is 0 Å². The van der Waals surface area contributed by atoms with Crippen LogP contribution in [0.3, 0.4) is 0 Å². The molecule has 118 valence electrons. The minimum Gasteiger partial charge on any atom is -0.300 e. The Labute approximate surface area is 131 Å². The summed E-state index contributed by atoms with van der Waals surface area (Å²) >= 11 is 0. The van der Waals surface area contributed by atoms with Crippen molar-refractivity contribution in [2.75, 3.05) is 27.2 Å². The van der Waals surface area contributed by atoms with Crippen LogP contribution in [-0.4, -0.2) is 57.0 Å². The van der Waals surface area contributed by atoms with Crippen molar-refractivity contribution in [2.24, 2.45) is 13.0 Å². The molecule has 0 radical (unpaired) electrons. The molecule has 0 unspecified atom stereocenters. The van der Waals surface area contributed by atoms with Gasteiger partial charge in [-0.3, -0.25) is 14.6 Å². The number of hydrogen-bond donors (Lipinski definition) is 0. The Kier molecular flexibility index (Phi) is 4.49. The van der Waals surface area contributed by atoms with Crippen LogP contribution in [0.2, 0.25) is 0 Å². The minimum atomic E-state index is 0.459. The molecule has 1 aliphatic heterocycles. The van der Waals surface area contributed by atoms with Gasteiger partial charge in [-0.1, -0.05) is 11.3 Å². The topological polar surface area (TPSA) is 50.1 Å². The Morgan fingerprint density at radius 1 is 1.32 bits per heavy atom. The molecule has 22 heavy (non-hydrogen) atoms. The molecule has 3 rings (SSSR count). The molecule has 1 saturated heterocycles. The molecule has 2 atom stereocenters. The maximum Gasteiger partial charge on any atom is 0.0738 e. The summed E-state index contributed by atoms with van der Waals surface area (Å²) in [6.07, 6.45) is 6.92. The molecule has 0 spiro atoms. The predicted octanol–water partition coefficient (Wildman–Crippen LogP) is 1.33. The van der Waals surface area contributed by atoms with Crippen LogP contribution < -0.4 is 0 Å². The first-order chi connectivity index (χ1) is 10.6. The monoisotopic (exact) mass is 300 g/mol. The summed E-state index contributed by atoms with van der Waals surface area (Å²) in [7, 11) is 6.33. The molecular weight excluding hydrogens is 276 g/mol. The summed E-state index contributed by atoms with van der Waals surface area (Å²) in [5, 5.41) is 7.95. The van der Waals surface area contributed by atoms with Gasteiger partial charge in [0.05, 0.1) is 11.9 Å². The zero-order valence-corrected chi connectivity index (χ0v) is 13.6. The molecule has 6 heteroatoms. The summed E-state index contributed by atoms with van der Waals surface area (Å²) in [5.74, 6) is 0.625. The lowest BCUT2D eigenvalue weighted by Crippen LogP contribution is -2.30. The van der Waals surface area contributed by atoms with Gasteiger partial charge in [0.15, 0.2) is 0 Å². The normalized spacial score (nSPS) is 22.5. The second kappa shape index (κ2) is 6.54. The average Bonchev–Trinajstić information content (AvgIpc) is 3.07. The number of hydrogen-bond acceptors (Lipinski definition) is 5. The van der Waals surface area contributed by atoms with Crippen molar-refractivity contribution >= 4 is 0 Å². The van der Waals surface area contributed by atoms with E-state index in [-0.39, 0.29) is 0 Å². The molecule has 1 aliphatic rings. The molecule has 0 saturated carbocycles. The molecule has 0 aromatic carbocycles. The number of rotatable bonds is 5. The first kappa shape index (κ1) is 15.1. The van der Waals surface area contributed by atoms with E-state index in [0.717, 1.165) is 25.3 Å². The van der Waals surface area contributed by atoms with Gasteiger partial charge < -0.3 is 4.90 Å². The first-order valence-corrected chi connectivity index (χ1v) is 7.77. The van der Waals surface area contributed by atoms with Crippen molar-refractivity contribution in [3.63, 3.8) is 0 Å². The van der Waals surface area contributed by atoms with E-state index >= 15 is 0 Å². The molecular formula is C16H24N6. The summed E-state index contributed by atoms with van der Waals surface area (Å²) in [6, 6.07) is 4.68. The van der Waals surface area contributed by atoms with Gasteiger partial charge in [0.2, 0.25) is 0 Å². The first-order valence-electron chi connectivity index (χ1n) is 7.77. The Hall–Kier alpha value is -1.79. The predicted molar refractivity (Wildman–Crippen MR) is 85.1 cm³/mol. The smallest absolute Gasteiger partial charge is 0.0738 e. The number of pyridine rings is 1. The van der Waals surface area contributed by atoms with Crippen molar-refractivity contribution in [1.29, 1.82) is 0 Å². The van der Waals surface area contributed by atoms with E-state index in [0.29, 0.717) is 12.0 Å². The molecule has 3 heterocycles. The maximum absolute atomic E-state index is 4.29. The molecule has 0 aliphatic carbocycles. The van der Waals surface area contributed by atoms with E-state index in [1.165, 1.54) is 12.0 Å². The highest BCUT2D eigenvalue weighted by atomic mass is 15.4. The van der Waals surface area contributed by atoms with Crippen molar-refractivity contribution in [3.8, 4) is 0 Å². The number of nitrogens with zero attached hydrogens (tertiary/aromatic N) is 6. The molecule has 2 aromatic heterocycles. The van der Waals surface area contributed by atoms with Crippen LogP contribution in [0.1, 0.15) is 23.7 Å². The molecule has 1 fully saturated rings. The van der Waals surface area contributed by atoms with Gasteiger partial charge in [-0.2, -0.15) is 0 Å². The highest BCUT2D eigenvalue weighted by Gasteiger charge is 2.33. The lowest BCUT2D eigenvalue weighted by molar-refractivity contribution is 0.211. The average molecular weight is 300 g/mol. The van der Waals surface area contributed by atoms with E-state index in [4.69, 9.17) is 0 Å². The van der Waals surface area contributed by atoms with Gasteiger partial charge in [-0.15, -0.1) is 5.10 Å². The van der Waals surface area contributed by atoms with Crippen LogP contribution in [-0.2, 0) is 13.6 Å². The van der Waals surface area contributed by atoms with Crippen molar-refractivity contribution < 1.29 is 0 Å². The maximum atomic E-state index is 4.29. The van der Waals surface area contributed by atoms with Crippen LogP contribution in [0, 0.1) is 5.92 Å². The Morgan fingerprint density at radius 2 is 2.18 bits per heavy atom. The van der Waals surface area contributed by atoms with Crippen LogP contribution in [0.25, 0.3) is 0 Å². The van der Waals surface area contributed by atoms with Crippen molar-refractivity contribution in [3.05, 3.63) is 42.0 Å². The van der Waals surface area contributed by atoms with Crippen molar-refractivity contribution in [2.45, 2.75) is 19.0 Å². The lowest BCUT2D eigenvalue weighted by Gasteiger charge is -2.28. The van der Waals surface area contributed by atoms with Crippen LogP contribution >= 0.6 is 0 Å². The molecule has 0 amide bonds. The SMILES string of the molecule is CN(Cc1cnnn1C)C[C@@H]1CCN(C)[C@H]1c1cccnc1. The number of likely N-dealkylation sites (tertiary alicyclic amines) is 1. The molecule has 0 bridgehead atoms. The second-order valence-corrected chi connectivity index (χ2v) is 6.31. The van der Waals surface area contributed by atoms with E-state index in [2.05, 4.69) is 45.3 Å². The Balaban J connectivity index is 1.67. The van der Waals surface area contributed by atoms with E-state index in [9.17, 15) is 0 Å². The van der Waals surface area contributed by atoms with E-state index in [1.807, 2.05) is 36.4 Å². The quantitative estimate of drug-likeness (QED) is 0.834. The highest BCUT2D eigenvalue weighted by Crippen LogP contribution is 2.36. The van der Waals surface area contributed by atoms with Crippen molar-refractivity contribution in [1.82, 2.24) is 29.8 Å². The fourth-order valence-corrected chi connectivity index (χ4v) is 3.49. The summed E-state index contributed by atoms with van der Waals surface area (Å²) < 4.78 is 1.84. The zero-order valence-electron chi connectivity index (χ0n) is 13.6. The zero-order chi connectivity index (χ0) is 15.5. The van der Waals surface area contributed by atoms with Crippen LogP contribution in [0.4, 0.5) is 0 Å². The molecule has 2 aromatic rings. The standard InChI is InChI=1S/C16H24N6/c1-20(12-15-10-18-19-22(15)3)11-14-6-8-21(2)16(14)13-5-4-7-17-9-13/h4-5,7,9-10,14,16H,6,8,11-12H2,1-3H3/t14-,16-/m0/s1. The fourth-order valence-electron chi connectivity index (χ4n) is 3.49. The van der Waals surface area contributed by atoms with Gasteiger partial charge in [0.1, 0.15) is 0 Å². The van der Waals surface area contributed by atoms with Gasteiger partial charge in [-0.05, 0) is 44.6 Å². The number of aromatic nitrogens is 4. The third kappa shape index (κ3) is 3.18. The highest BCUT2D eigenvalue weighted by molar-refractivity contribution is 5.17. The second-order valence-electron chi connectivity index (χ2n) is 6.31. The summed E-state index contributed by atoms with van der Waals surface area (Å²) in [4.78, 5) is 9.10. The van der Waals surface area contributed by atoms with E-state index < -0.39 is 0 Å². The largest absolute Gasteiger partial charge is 0.300 e. The van der Waals surface area contributed by atoms with Gasteiger partial charge in [0.25, 0.3) is 0 Å². The number of aryl methyl sites for hydroxylation is 1. The lowest BCUT2D eigenvalue weighted by atomic mass is 9.94. The molecule has 0 N–H and O–H groups in total. The molecule has 6 nitrogen and oxygen atoms in total. The van der Waals surface area contributed by atoms with Gasteiger partial charge in [0, 0.05) is 38.6 Å². The third-order valence-electron chi connectivity index (χ3n) is 4.59. The van der Waals surface area contributed by atoms with Gasteiger partial charge >= 0.3 is 0 Å². The van der Waals surface area contributed by atoms with Gasteiger partial charge in [-0.25, -0.2) is 0 Å². The Bertz CT molecular complexity index is 596. The summed E-state index contributed by atoms with van der Waals surface area (Å²) in [5.41, 5.74) is 2.47. The summed E-state index contributed by atoms with van der Waals surface area (Å²) in [6.45, 7) is 3.09. The van der Waals surface area contributed by atoms with Crippen LogP contribution in [0.15, 0.2) is 30.7 Å². The third-order valence-corrected chi connectivity index (χ3v) is 4.59.